The van der Waals surface area contributed by atoms with Crippen molar-refractivity contribution in [3.8, 4) is 11.5 Å². The second kappa shape index (κ2) is 12.9. The van der Waals surface area contributed by atoms with Crippen LogP contribution in [0.4, 0.5) is 26.3 Å². The fraction of sp³-hybridized carbons (Fsp3) is 0.250. The van der Waals surface area contributed by atoms with Gasteiger partial charge >= 0.3 is 12.4 Å². The molecule has 0 spiro atoms. The zero-order chi connectivity index (χ0) is 32.2. The molecular formula is C32H28F6N2O4. The topological polar surface area (TPSA) is 89.9 Å². The van der Waals surface area contributed by atoms with Gasteiger partial charge in [-0.3, -0.25) is 9.59 Å². The summed E-state index contributed by atoms with van der Waals surface area (Å²) in [6, 6.07) is 16.8. The molecule has 44 heavy (non-hydrogen) atoms. The summed E-state index contributed by atoms with van der Waals surface area (Å²) in [6.07, 6.45) is -10.2. The number of phenols is 2. The van der Waals surface area contributed by atoms with E-state index in [0.717, 1.165) is 15.7 Å². The second-order valence-electron chi connectivity index (χ2n) is 10.4. The van der Waals surface area contributed by atoms with Gasteiger partial charge in [0.15, 0.2) is 11.5 Å². The summed E-state index contributed by atoms with van der Waals surface area (Å²) in [7, 11) is 1.23. The van der Waals surface area contributed by atoms with Crippen molar-refractivity contribution in [3.05, 3.63) is 107 Å². The van der Waals surface area contributed by atoms with E-state index in [1.165, 1.54) is 19.2 Å². The van der Waals surface area contributed by atoms with Crippen LogP contribution in [0.5, 0.6) is 11.5 Å². The fourth-order valence-electron chi connectivity index (χ4n) is 4.79. The van der Waals surface area contributed by atoms with E-state index >= 15 is 0 Å². The lowest BCUT2D eigenvalue weighted by Gasteiger charge is -2.29. The fourth-order valence-corrected chi connectivity index (χ4v) is 4.79. The third kappa shape index (κ3) is 8.00. The number of hydrogen-bond acceptors (Lipinski definition) is 4. The number of alkyl halides is 6. The number of rotatable bonds is 9. The van der Waals surface area contributed by atoms with Crippen molar-refractivity contribution in [1.82, 2.24) is 10.2 Å². The maximum Gasteiger partial charge on any atom is 0.416 e. The Morgan fingerprint density at radius 2 is 1.39 bits per heavy atom. The zero-order valence-corrected chi connectivity index (χ0v) is 23.3. The molecule has 4 rings (SSSR count). The molecule has 3 N–H and O–H groups in total. The molecule has 4 aromatic carbocycles. The standard InChI is InChI=1S/C32H28F6N2O4/c1-40(30(44)23-15-24(31(33,34)35)17-25(16-23)32(36,37)38)26(13-20-6-8-21-4-2-3-5-22(21)12-20)18-29(43)39-11-10-19-7-9-27(41)28(42)14-19/h2-9,12,14-17,26,41-42H,10-11,13,18H2,1H3,(H,39,43). The molecule has 0 bridgehead atoms. The van der Waals surface area contributed by atoms with Gasteiger partial charge in [-0.1, -0.05) is 48.5 Å². The van der Waals surface area contributed by atoms with Crippen molar-refractivity contribution in [2.24, 2.45) is 0 Å². The van der Waals surface area contributed by atoms with Gasteiger partial charge in [0.25, 0.3) is 5.91 Å². The Balaban J connectivity index is 1.59. The van der Waals surface area contributed by atoms with Crippen molar-refractivity contribution in [1.29, 1.82) is 0 Å². The highest BCUT2D eigenvalue weighted by Gasteiger charge is 2.38. The Hall–Kier alpha value is -4.74. The number of fused-ring (bicyclic) bond motifs is 1. The van der Waals surface area contributed by atoms with Crippen molar-refractivity contribution < 1.29 is 46.1 Å². The van der Waals surface area contributed by atoms with Crippen LogP contribution in [0.3, 0.4) is 0 Å². The number of carbonyl (C=O) groups excluding carboxylic acids is 2. The van der Waals surface area contributed by atoms with Gasteiger partial charge in [0, 0.05) is 31.6 Å². The third-order valence-electron chi connectivity index (χ3n) is 7.18. The van der Waals surface area contributed by atoms with Gasteiger partial charge in [-0.15, -0.1) is 0 Å². The number of carbonyl (C=O) groups is 2. The number of likely N-dealkylation sites (N-methyl/N-ethyl adjacent to an activating group) is 1. The van der Waals surface area contributed by atoms with Gasteiger partial charge in [-0.2, -0.15) is 26.3 Å². The number of amides is 2. The van der Waals surface area contributed by atoms with Crippen LogP contribution < -0.4 is 5.32 Å². The summed E-state index contributed by atoms with van der Waals surface area (Å²) < 4.78 is 80.7. The third-order valence-corrected chi connectivity index (χ3v) is 7.18. The van der Waals surface area contributed by atoms with E-state index in [4.69, 9.17) is 0 Å². The normalized spacial score (nSPS) is 12.6. The summed E-state index contributed by atoms with van der Waals surface area (Å²) in [6.45, 7) is 0.117. The Labute approximate surface area is 248 Å². The molecule has 0 radical (unpaired) electrons. The predicted octanol–water partition coefficient (Wildman–Crippen LogP) is 6.72. The van der Waals surface area contributed by atoms with Crippen LogP contribution in [0.2, 0.25) is 0 Å². The molecule has 0 aromatic heterocycles. The first-order chi connectivity index (χ1) is 20.6. The van der Waals surface area contributed by atoms with Crippen LogP contribution in [0.15, 0.2) is 78.9 Å². The first kappa shape index (κ1) is 32.2. The highest BCUT2D eigenvalue weighted by molar-refractivity contribution is 5.95. The highest BCUT2D eigenvalue weighted by atomic mass is 19.4. The lowest BCUT2D eigenvalue weighted by atomic mass is 9.97. The Kier molecular flexibility index (Phi) is 9.41. The summed E-state index contributed by atoms with van der Waals surface area (Å²) in [4.78, 5) is 27.4. The first-order valence-corrected chi connectivity index (χ1v) is 13.4. The lowest BCUT2D eigenvalue weighted by Crippen LogP contribution is -2.42. The summed E-state index contributed by atoms with van der Waals surface area (Å²) in [5, 5.41) is 23.6. The average Bonchev–Trinajstić information content (AvgIpc) is 2.96. The van der Waals surface area contributed by atoms with E-state index in [2.05, 4.69) is 5.32 Å². The number of hydrogen-bond donors (Lipinski definition) is 3. The Bertz CT molecular complexity index is 1640. The average molecular weight is 619 g/mol. The molecule has 0 fully saturated rings. The monoisotopic (exact) mass is 618 g/mol. The van der Waals surface area contributed by atoms with Crippen LogP contribution in [0.1, 0.15) is 39.0 Å². The van der Waals surface area contributed by atoms with Crippen molar-refractivity contribution in [2.75, 3.05) is 13.6 Å². The van der Waals surface area contributed by atoms with E-state index < -0.39 is 46.9 Å². The molecule has 0 heterocycles. The molecule has 0 aliphatic carbocycles. The Morgan fingerprint density at radius 3 is 2.00 bits per heavy atom. The number of aromatic hydroxyl groups is 2. The highest BCUT2D eigenvalue weighted by Crippen LogP contribution is 2.37. The van der Waals surface area contributed by atoms with Crippen molar-refractivity contribution in [3.63, 3.8) is 0 Å². The second-order valence-corrected chi connectivity index (χ2v) is 10.4. The lowest BCUT2D eigenvalue weighted by molar-refractivity contribution is -0.143. The van der Waals surface area contributed by atoms with E-state index in [0.29, 0.717) is 23.3 Å². The minimum Gasteiger partial charge on any atom is -0.504 e. The van der Waals surface area contributed by atoms with Crippen LogP contribution in [0.25, 0.3) is 10.8 Å². The van der Waals surface area contributed by atoms with E-state index in [9.17, 15) is 46.1 Å². The minimum absolute atomic E-state index is 0.0510. The van der Waals surface area contributed by atoms with Gasteiger partial charge in [-0.25, -0.2) is 0 Å². The van der Waals surface area contributed by atoms with Crippen molar-refractivity contribution >= 4 is 22.6 Å². The van der Waals surface area contributed by atoms with Crippen LogP contribution >= 0.6 is 0 Å². The molecule has 232 valence electrons. The molecule has 1 unspecified atom stereocenters. The quantitative estimate of drug-likeness (QED) is 0.144. The molecule has 4 aromatic rings. The van der Waals surface area contributed by atoms with Gasteiger partial charge in [0.05, 0.1) is 11.1 Å². The van der Waals surface area contributed by atoms with Gasteiger partial charge < -0.3 is 20.4 Å². The maximum atomic E-state index is 13.5. The van der Waals surface area contributed by atoms with E-state index in [1.807, 2.05) is 36.4 Å². The maximum absolute atomic E-state index is 13.5. The van der Waals surface area contributed by atoms with Crippen LogP contribution in [0, 0.1) is 0 Å². The van der Waals surface area contributed by atoms with Gasteiger partial charge in [0.1, 0.15) is 0 Å². The predicted molar refractivity (Wildman–Crippen MR) is 151 cm³/mol. The van der Waals surface area contributed by atoms with Crippen LogP contribution in [-0.4, -0.2) is 46.6 Å². The number of phenolic OH excluding ortho intramolecular Hbond substituents is 2. The molecule has 0 saturated carbocycles. The number of benzene rings is 4. The summed E-state index contributed by atoms with van der Waals surface area (Å²) in [5.41, 5.74) is -2.74. The minimum atomic E-state index is -5.13. The number of halogens is 6. The van der Waals surface area contributed by atoms with Crippen molar-refractivity contribution in [2.45, 2.75) is 37.7 Å². The number of nitrogens with one attached hydrogen (secondary N) is 1. The smallest absolute Gasteiger partial charge is 0.416 e. The van der Waals surface area contributed by atoms with Gasteiger partial charge in [0.2, 0.25) is 5.91 Å². The molecule has 12 heteroatoms. The molecule has 2 amide bonds. The Morgan fingerprint density at radius 1 is 0.773 bits per heavy atom. The molecule has 1 atom stereocenters. The van der Waals surface area contributed by atoms with Crippen LogP contribution in [-0.2, 0) is 30.0 Å². The number of nitrogens with zero attached hydrogens (tertiary/aromatic N) is 1. The summed E-state index contributed by atoms with van der Waals surface area (Å²) in [5.74, 6) is -2.25. The zero-order valence-electron chi connectivity index (χ0n) is 23.3. The van der Waals surface area contributed by atoms with Gasteiger partial charge in [-0.05, 0) is 65.1 Å². The summed E-state index contributed by atoms with van der Waals surface area (Å²) >= 11 is 0. The molecule has 0 saturated heterocycles. The van der Waals surface area contributed by atoms with E-state index in [1.54, 1.807) is 12.1 Å². The molecule has 0 aliphatic rings. The first-order valence-electron chi connectivity index (χ1n) is 13.4. The molecule has 0 aliphatic heterocycles. The van der Waals surface area contributed by atoms with E-state index in [-0.39, 0.29) is 43.4 Å². The SMILES string of the molecule is CN(C(=O)c1cc(C(F)(F)F)cc(C(F)(F)F)c1)C(CC(=O)NCCc1ccc(O)c(O)c1)Cc1ccc2ccccc2c1. The molecular weight excluding hydrogens is 590 g/mol. The largest absolute Gasteiger partial charge is 0.504 e. The molecule has 6 nitrogen and oxygen atoms in total.